The lowest BCUT2D eigenvalue weighted by Crippen LogP contribution is -2.36. The minimum absolute atomic E-state index is 0.0870. The maximum Gasteiger partial charge on any atom is 0.177 e. The van der Waals surface area contributed by atoms with Crippen molar-refractivity contribution in [3.8, 4) is 0 Å². The molecule has 0 bridgehead atoms. The van der Waals surface area contributed by atoms with Crippen molar-refractivity contribution in [1.29, 1.82) is 0 Å². The van der Waals surface area contributed by atoms with Crippen molar-refractivity contribution in [3.05, 3.63) is 0 Å². The minimum atomic E-state index is -0.488. The van der Waals surface area contributed by atoms with E-state index in [1.165, 1.54) is 0 Å². The standard InChI is InChI=1S/C7H16BN3O2/c8-10-4-2-1-3-6(9)7(12)5-11-13/h6,10-11,13H,1-5,9H2/t6-/m0/s1. The van der Waals surface area contributed by atoms with Gasteiger partial charge in [-0.2, -0.15) is 5.48 Å². The number of carbonyl (C=O) groups excluding carboxylic acids is 1. The molecule has 5 nitrogen and oxygen atoms in total. The third kappa shape index (κ3) is 6.71. The monoisotopic (exact) mass is 185 g/mol. The van der Waals surface area contributed by atoms with E-state index in [0.29, 0.717) is 6.42 Å². The quantitative estimate of drug-likeness (QED) is 0.214. The number of hydroxylamine groups is 1. The molecule has 0 aromatic rings. The van der Waals surface area contributed by atoms with Gasteiger partial charge in [0.25, 0.3) is 0 Å². The third-order valence-electron chi connectivity index (χ3n) is 1.75. The zero-order valence-corrected chi connectivity index (χ0v) is 7.62. The predicted molar refractivity (Wildman–Crippen MR) is 50.4 cm³/mol. The van der Waals surface area contributed by atoms with Crippen LogP contribution in [0.2, 0.25) is 0 Å². The second kappa shape index (κ2) is 8.19. The van der Waals surface area contributed by atoms with Gasteiger partial charge in [-0.1, -0.05) is 6.42 Å². The summed E-state index contributed by atoms with van der Waals surface area (Å²) >= 11 is 0. The Morgan fingerprint density at radius 3 is 2.77 bits per heavy atom. The topological polar surface area (TPSA) is 87.4 Å². The van der Waals surface area contributed by atoms with E-state index < -0.39 is 6.04 Å². The van der Waals surface area contributed by atoms with Gasteiger partial charge in [0.1, 0.15) is 0 Å². The van der Waals surface area contributed by atoms with Crippen LogP contribution in [-0.4, -0.2) is 38.1 Å². The summed E-state index contributed by atoms with van der Waals surface area (Å²) in [5.41, 5.74) is 7.32. The highest BCUT2D eigenvalue weighted by molar-refractivity contribution is 6.04. The fourth-order valence-electron chi connectivity index (χ4n) is 0.961. The third-order valence-corrected chi connectivity index (χ3v) is 1.75. The van der Waals surface area contributed by atoms with Gasteiger partial charge in [-0.25, -0.2) is 0 Å². The molecule has 0 spiro atoms. The molecule has 0 saturated heterocycles. The SMILES string of the molecule is [B]NCCCC[C@H](N)C(=O)CNO. The number of nitrogens with two attached hydrogens (primary N) is 1. The van der Waals surface area contributed by atoms with E-state index in [9.17, 15) is 4.79 Å². The first-order valence-electron chi connectivity index (χ1n) is 4.31. The first-order chi connectivity index (χ1) is 6.22. The smallest absolute Gasteiger partial charge is 0.177 e. The summed E-state index contributed by atoms with van der Waals surface area (Å²) in [6.45, 7) is 0.634. The first-order valence-corrected chi connectivity index (χ1v) is 4.31. The number of carbonyl (C=O) groups is 1. The maximum atomic E-state index is 11.0. The number of Topliss-reactive ketones (excluding diaryl/α,β-unsaturated/α-hetero) is 1. The van der Waals surface area contributed by atoms with E-state index >= 15 is 0 Å². The van der Waals surface area contributed by atoms with Crippen molar-refractivity contribution in [2.45, 2.75) is 25.3 Å². The number of unbranched alkanes of at least 4 members (excludes halogenated alkanes) is 1. The van der Waals surface area contributed by atoms with Crippen LogP contribution in [0.15, 0.2) is 0 Å². The Morgan fingerprint density at radius 1 is 1.54 bits per heavy atom. The zero-order chi connectivity index (χ0) is 10.1. The molecule has 13 heavy (non-hydrogen) atoms. The Kier molecular flexibility index (Phi) is 7.92. The van der Waals surface area contributed by atoms with Crippen LogP contribution in [-0.2, 0) is 4.79 Å². The summed E-state index contributed by atoms with van der Waals surface area (Å²) in [7, 11) is 5.06. The average Bonchev–Trinajstić information content (AvgIpc) is 2.12. The minimum Gasteiger partial charge on any atom is -0.366 e. The molecule has 0 unspecified atom stereocenters. The molecule has 0 aromatic carbocycles. The first kappa shape index (κ1) is 12.6. The summed E-state index contributed by atoms with van der Waals surface area (Å²) in [5, 5.41) is 10.8. The second-order valence-electron chi connectivity index (χ2n) is 2.86. The molecule has 0 fully saturated rings. The van der Waals surface area contributed by atoms with E-state index in [1.54, 1.807) is 5.48 Å². The lowest BCUT2D eigenvalue weighted by atomic mass is 10.1. The molecule has 0 aliphatic heterocycles. The van der Waals surface area contributed by atoms with E-state index in [-0.39, 0.29) is 12.3 Å². The Balaban J connectivity index is 3.38. The Bertz CT molecular complexity index is 146. The van der Waals surface area contributed by atoms with Gasteiger partial charge in [-0.15, -0.1) is 0 Å². The van der Waals surface area contributed by atoms with Gasteiger partial charge in [0.15, 0.2) is 13.8 Å². The molecule has 0 rings (SSSR count). The number of rotatable bonds is 8. The van der Waals surface area contributed by atoms with Gasteiger partial charge in [0.2, 0.25) is 0 Å². The highest BCUT2D eigenvalue weighted by atomic mass is 16.5. The molecule has 74 valence electrons. The second-order valence-corrected chi connectivity index (χ2v) is 2.86. The van der Waals surface area contributed by atoms with E-state index in [1.807, 2.05) is 0 Å². The molecular formula is C7H16BN3O2. The molecule has 0 aliphatic rings. The average molecular weight is 185 g/mol. The largest absolute Gasteiger partial charge is 0.366 e. The van der Waals surface area contributed by atoms with Crippen molar-refractivity contribution >= 4 is 13.8 Å². The summed E-state index contributed by atoms with van der Waals surface area (Å²) in [4.78, 5) is 11.0. The molecule has 6 heteroatoms. The van der Waals surface area contributed by atoms with Gasteiger partial charge in [0.05, 0.1) is 12.6 Å². The molecular weight excluding hydrogens is 169 g/mol. The van der Waals surface area contributed by atoms with Gasteiger partial charge >= 0.3 is 0 Å². The predicted octanol–water partition coefficient (Wildman–Crippen LogP) is -1.29. The normalized spacial score (nSPS) is 12.8. The molecule has 0 aromatic heterocycles. The van der Waals surface area contributed by atoms with Crippen LogP contribution in [0.4, 0.5) is 0 Å². The zero-order valence-electron chi connectivity index (χ0n) is 7.62. The van der Waals surface area contributed by atoms with Crippen LogP contribution in [0.25, 0.3) is 0 Å². The van der Waals surface area contributed by atoms with Crippen LogP contribution in [0.1, 0.15) is 19.3 Å². The Hall–Kier alpha value is -0.425. The number of hydrogen-bond donors (Lipinski definition) is 4. The van der Waals surface area contributed by atoms with Gasteiger partial charge in [-0.3, -0.25) is 4.79 Å². The maximum absolute atomic E-state index is 11.0. The Labute approximate surface area is 79.5 Å². The summed E-state index contributed by atoms with van der Waals surface area (Å²) in [5.74, 6) is -0.178. The fraction of sp³-hybridized carbons (Fsp3) is 0.857. The van der Waals surface area contributed by atoms with Gasteiger partial charge in [-0.05, 0) is 19.4 Å². The van der Waals surface area contributed by atoms with E-state index in [2.05, 4.69) is 5.23 Å². The van der Waals surface area contributed by atoms with Crippen molar-refractivity contribution in [2.24, 2.45) is 5.73 Å². The molecule has 2 radical (unpaired) electrons. The lowest BCUT2D eigenvalue weighted by molar-refractivity contribution is -0.121. The summed E-state index contributed by atoms with van der Waals surface area (Å²) in [6, 6.07) is -0.488. The molecule has 1 atom stereocenters. The molecule has 0 aliphatic carbocycles. The molecule has 0 heterocycles. The molecule has 0 saturated carbocycles. The van der Waals surface area contributed by atoms with Crippen molar-refractivity contribution < 1.29 is 10.0 Å². The van der Waals surface area contributed by atoms with E-state index in [0.717, 1.165) is 19.4 Å². The van der Waals surface area contributed by atoms with Crippen LogP contribution in [0, 0.1) is 0 Å². The number of ketones is 1. The number of nitrogens with one attached hydrogen (secondary N) is 2. The van der Waals surface area contributed by atoms with E-state index in [4.69, 9.17) is 18.9 Å². The highest BCUT2D eigenvalue weighted by Crippen LogP contribution is 1.98. The summed E-state index contributed by atoms with van der Waals surface area (Å²) in [6.07, 6.45) is 2.37. The molecule has 0 amide bonds. The molecule has 5 N–H and O–H groups in total. The Morgan fingerprint density at radius 2 is 2.23 bits per heavy atom. The van der Waals surface area contributed by atoms with Gasteiger partial charge < -0.3 is 16.2 Å². The van der Waals surface area contributed by atoms with Crippen LogP contribution < -0.4 is 16.4 Å². The summed E-state index contributed by atoms with van der Waals surface area (Å²) < 4.78 is 0. The van der Waals surface area contributed by atoms with Crippen LogP contribution >= 0.6 is 0 Å². The van der Waals surface area contributed by atoms with Crippen molar-refractivity contribution in [2.75, 3.05) is 13.1 Å². The van der Waals surface area contributed by atoms with Crippen molar-refractivity contribution in [1.82, 2.24) is 10.7 Å². The van der Waals surface area contributed by atoms with Crippen LogP contribution in [0.5, 0.6) is 0 Å². The lowest BCUT2D eigenvalue weighted by Gasteiger charge is -2.09. The fourth-order valence-corrected chi connectivity index (χ4v) is 0.961. The van der Waals surface area contributed by atoms with Crippen LogP contribution in [0.3, 0.4) is 0 Å². The number of hydrogen-bond acceptors (Lipinski definition) is 5. The van der Waals surface area contributed by atoms with Gasteiger partial charge in [0, 0.05) is 0 Å². The van der Waals surface area contributed by atoms with Crippen molar-refractivity contribution in [3.63, 3.8) is 0 Å². The highest BCUT2D eigenvalue weighted by Gasteiger charge is 2.11.